The highest BCUT2D eigenvalue weighted by Crippen LogP contribution is 2.28. The third-order valence-electron chi connectivity index (χ3n) is 4.79. The van der Waals surface area contributed by atoms with Gasteiger partial charge in [0.05, 0.1) is 6.61 Å². The average molecular weight is 331 g/mol. The molecule has 2 fully saturated rings. The standard InChI is InChI=1S/C19H29N3O2/c1-21(12-13-24-15-16-8-9-16)19(23)20-17-6-5-7-18(14-17)22-10-3-2-4-11-22/h5-7,14,16H,2-4,8-13,15H2,1H3,(H,20,23). The van der Waals surface area contributed by atoms with Gasteiger partial charge in [0.15, 0.2) is 0 Å². The third kappa shape index (κ3) is 5.13. The lowest BCUT2D eigenvalue weighted by Gasteiger charge is -2.29. The van der Waals surface area contributed by atoms with E-state index in [0.717, 1.165) is 31.3 Å². The van der Waals surface area contributed by atoms with Crippen LogP contribution < -0.4 is 10.2 Å². The van der Waals surface area contributed by atoms with E-state index in [-0.39, 0.29) is 6.03 Å². The van der Waals surface area contributed by atoms with Crippen LogP contribution in [0, 0.1) is 5.92 Å². The number of carbonyl (C=O) groups excluding carboxylic acids is 1. The maximum absolute atomic E-state index is 12.3. The molecule has 2 amide bonds. The van der Waals surface area contributed by atoms with E-state index in [1.54, 1.807) is 4.90 Å². The lowest BCUT2D eigenvalue weighted by Crippen LogP contribution is -2.34. The number of hydrogen-bond acceptors (Lipinski definition) is 3. The van der Waals surface area contributed by atoms with E-state index >= 15 is 0 Å². The van der Waals surface area contributed by atoms with Gasteiger partial charge < -0.3 is 19.9 Å². The first-order valence-electron chi connectivity index (χ1n) is 9.17. The Morgan fingerprint density at radius 3 is 2.83 bits per heavy atom. The molecule has 0 unspecified atom stereocenters. The fourth-order valence-electron chi connectivity index (χ4n) is 2.99. The molecule has 1 aliphatic carbocycles. The van der Waals surface area contributed by atoms with Crippen molar-refractivity contribution in [2.45, 2.75) is 32.1 Å². The van der Waals surface area contributed by atoms with Gasteiger partial charge in [-0.25, -0.2) is 4.79 Å². The number of rotatable bonds is 7. The van der Waals surface area contributed by atoms with E-state index in [1.165, 1.54) is 37.8 Å². The minimum atomic E-state index is -0.0826. The van der Waals surface area contributed by atoms with Gasteiger partial charge in [-0.05, 0) is 56.2 Å². The molecule has 24 heavy (non-hydrogen) atoms. The number of benzene rings is 1. The normalized spacial score (nSPS) is 17.6. The van der Waals surface area contributed by atoms with Crippen molar-refractivity contribution in [1.29, 1.82) is 0 Å². The van der Waals surface area contributed by atoms with Gasteiger partial charge >= 0.3 is 6.03 Å². The van der Waals surface area contributed by atoms with Crippen molar-refractivity contribution in [3.63, 3.8) is 0 Å². The van der Waals surface area contributed by atoms with E-state index in [2.05, 4.69) is 22.3 Å². The Bertz CT molecular complexity index is 539. The molecule has 0 atom stereocenters. The van der Waals surface area contributed by atoms with Crippen molar-refractivity contribution < 1.29 is 9.53 Å². The Morgan fingerprint density at radius 2 is 2.08 bits per heavy atom. The highest BCUT2D eigenvalue weighted by molar-refractivity contribution is 5.89. The van der Waals surface area contributed by atoms with E-state index in [9.17, 15) is 4.79 Å². The number of ether oxygens (including phenoxy) is 1. The second-order valence-corrected chi connectivity index (χ2v) is 6.97. The van der Waals surface area contributed by atoms with Gasteiger partial charge in [-0.15, -0.1) is 0 Å². The Labute approximate surface area is 145 Å². The summed E-state index contributed by atoms with van der Waals surface area (Å²) < 4.78 is 5.60. The summed E-state index contributed by atoms with van der Waals surface area (Å²) in [6.07, 6.45) is 6.41. The van der Waals surface area contributed by atoms with Crippen LogP contribution in [0.25, 0.3) is 0 Å². The van der Waals surface area contributed by atoms with Gasteiger partial charge in [0, 0.05) is 44.7 Å². The van der Waals surface area contributed by atoms with Crippen LogP contribution >= 0.6 is 0 Å². The summed E-state index contributed by atoms with van der Waals surface area (Å²) in [4.78, 5) is 16.4. The molecular weight excluding hydrogens is 302 g/mol. The van der Waals surface area contributed by atoms with E-state index < -0.39 is 0 Å². The number of anilines is 2. The van der Waals surface area contributed by atoms with E-state index in [0.29, 0.717) is 13.2 Å². The number of carbonyl (C=O) groups is 1. The van der Waals surface area contributed by atoms with Crippen LogP contribution in [0.4, 0.5) is 16.2 Å². The lowest BCUT2D eigenvalue weighted by molar-refractivity contribution is 0.109. The van der Waals surface area contributed by atoms with Gasteiger partial charge in [0.25, 0.3) is 0 Å². The smallest absolute Gasteiger partial charge is 0.321 e. The molecule has 0 aromatic heterocycles. The SMILES string of the molecule is CN(CCOCC1CC1)C(=O)Nc1cccc(N2CCCCC2)c1. The van der Waals surface area contributed by atoms with Gasteiger partial charge in [-0.1, -0.05) is 6.07 Å². The van der Waals surface area contributed by atoms with Crippen LogP contribution in [0.3, 0.4) is 0 Å². The Balaban J connectivity index is 1.45. The summed E-state index contributed by atoms with van der Waals surface area (Å²) in [6, 6.07) is 8.07. The highest BCUT2D eigenvalue weighted by Gasteiger charge is 2.21. The number of amides is 2. The van der Waals surface area contributed by atoms with Gasteiger partial charge in [-0.2, -0.15) is 0 Å². The zero-order valence-electron chi connectivity index (χ0n) is 14.7. The number of piperidine rings is 1. The molecule has 1 aromatic rings. The third-order valence-corrected chi connectivity index (χ3v) is 4.79. The number of hydrogen-bond donors (Lipinski definition) is 1. The monoisotopic (exact) mass is 331 g/mol. The van der Waals surface area contributed by atoms with Gasteiger partial charge in [0.1, 0.15) is 0 Å². The van der Waals surface area contributed by atoms with Crippen molar-refractivity contribution in [2.24, 2.45) is 5.92 Å². The Morgan fingerprint density at radius 1 is 1.29 bits per heavy atom. The average Bonchev–Trinajstić information content (AvgIpc) is 3.44. The highest BCUT2D eigenvalue weighted by atomic mass is 16.5. The maximum Gasteiger partial charge on any atom is 0.321 e. The van der Waals surface area contributed by atoms with Crippen molar-refractivity contribution in [3.8, 4) is 0 Å². The van der Waals surface area contributed by atoms with Crippen molar-refractivity contribution in [1.82, 2.24) is 4.90 Å². The van der Waals surface area contributed by atoms with Crippen molar-refractivity contribution >= 4 is 17.4 Å². The maximum atomic E-state index is 12.3. The number of nitrogens with one attached hydrogen (secondary N) is 1. The molecule has 2 aliphatic rings. The summed E-state index contributed by atoms with van der Waals surface area (Å²) in [5.41, 5.74) is 2.05. The fraction of sp³-hybridized carbons (Fsp3) is 0.632. The van der Waals surface area contributed by atoms with Crippen molar-refractivity contribution in [2.75, 3.05) is 50.1 Å². The summed E-state index contributed by atoms with van der Waals surface area (Å²) >= 11 is 0. The predicted molar refractivity (Wildman–Crippen MR) is 97.7 cm³/mol. The second kappa shape index (κ2) is 8.38. The summed E-state index contributed by atoms with van der Waals surface area (Å²) in [5.74, 6) is 0.765. The van der Waals surface area contributed by atoms with Crippen molar-refractivity contribution in [3.05, 3.63) is 24.3 Å². The molecule has 5 nitrogen and oxygen atoms in total. The molecule has 5 heteroatoms. The van der Waals surface area contributed by atoms with Gasteiger partial charge in [-0.3, -0.25) is 0 Å². The predicted octanol–water partition coefficient (Wildman–Crippen LogP) is 3.57. The molecule has 1 saturated carbocycles. The Hall–Kier alpha value is -1.75. The zero-order chi connectivity index (χ0) is 16.8. The fourth-order valence-corrected chi connectivity index (χ4v) is 2.99. The van der Waals surface area contributed by atoms with Crippen LogP contribution in [0.5, 0.6) is 0 Å². The molecule has 1 aromatic carbocycles. The van der Waals surface area contributed by atoms with Crippen LogP contribution in [0.1, 0.15) is 32.1 Å². The molecule has 1 saturated heterocycles. The molecule has 1 heterocycles. The number of nitrogens with zero attached hydrogens (tertiary/aromatic N) is 2. The van der Waals surface area contributed by atoms with Crippen LogP contribution in [0.2, 0.25) is 0 Å². The molecule has 1 aliphatic heterocycles. The lowest BCUT2D eigenvalue weighted by atomic mass is 10.1. The van der Waals surface area contributed by atoms with Crippen LogP contribution in [0.15, 0.2) is 24.3 Å². The summed E-state index contributed by atoms with van der Waals surface area (Å²) in [6.45, 7) is 4.28. The summed E-state index contributed by atoms with van der Waals surface area (Å²) in [5, 5.41) is 2.99. The molecule has 0 spiro atoms. The Kier molecular flexibility index (Phi) is 5.96. The van der Waals surface area contributed by atoms with E-state index in [1.807, 2.05) is 19.2 Å². The van der Waals surface area contributed by atoms with Gasteiger partial charge in [0.2, 0.25) is 0 Å². The first kappa shape index (κ1) is 17.1. The molecular formula is C19H29N3O2. The molecule has 1 N–H and O–H groups in total. The molecule has 0 radical (unpaired) electrons. The van der Waals surface area contributed by atoms with Crippen LogP contribution in [-0.4, -0.2) is 50.8 Å². The topological polar surface area (TPSA) is 44.8 Å². The molecule has 3 rings (SSSR count). The molecule has 132 valence electrons. The minimum absolute atomic E-state index is 0.0826. The van der Waals surface area contributed by atoms with E-state index in [4.69, 9.17) is 4.74 Å². The number of urea groups is 1. The zero-order valence-corrected chi connectivity index (χ0v) is 14.7. The van der Waals surface area contributed by atoms with Crippen LogP contribution in [-0.2, 0) is 4.74 Å². The quantitative estimate of drug-likeness (QED) is 0.777. The first-order valence-corrected chi connectivity index (χ1v) is 9.17. The first-order chi connectivity index (χ1) is 11.7. The molecule has 0 bridgehead atoms. The second-order valence-electron chi connectivity index (χ2n) is 6.97. The largest absolute Gasteiger partial charge is 0.379 e. The number of likely N-dealkylation sites (N-methyl/N-ethyl adjacent to an activating group) is 1. The minimum Gasteiger partial charge on any atom is -0.379 e. The summed E-state index contributed by atoms with van der Waals surface area (Å²) in [7, 11) is 1.81.